The highest BCUT2D eigenvalue weighted by atomic mass is 79.9. The number of amides is 1. The van der Waals surface area contributed by atoms with Crippen LogP contribution in [-0.4, -0.2) is 10.5 Å². The zero-order valence-electron chi connectivity index (χ0n) is 10.6. The molecule has 1 aromatic rings. The van der Waals surface area contributed by atoms with Crippen molar-refractivity contribution in [2.24, 2.45) is 5.41 Å². The molecule has 98 valence electrons. The minimum Gasteiger partial charge on any atom is -0.327 e. The van der Waals surface area contributed by atoms with Gasteiger partial charge in [0.05, 0.1) is 9.50 Å². The van der Waals surface area contributed by atoms with Crippen LogP contribution in [0.25, 0.3) is 0 Å². The van der Waals surface area contributed by atoms with Crippen molar-refractivity contribution in [1.29, 1.82) is 0 Å². The molecule has 6 heteroatoms. The number of carbonyl (C=O) groups is 1. The van der Waals surface area contributed by atoms with Crippen molar-refractivity contribution in [1.82, 2.24) is 9.88 Å². The summed E-state index contributed by atoms with van der Waals surface area (Å²) in [4.78, 5) is 24.3. The van der Waals surface area contributed by atoms with Crippen molar-refractivity contribution in [3.8, 4) is 0 Å². The second-order valence-electron chi connectivity index (χ2n) is 5.61. The van der Waals surface area contributed by atoms with Gasteiger partial charge in [0, 0.05) is 5.41 Å². The molecule has 0 radical (unpaired) electrons. The predicted octanol–water partition coefficient (Wildman–Crippen LogP) is 2.73. The molecular weight excluding hydrogens is 320 g/mol. The Labute approximate surface area is 118 Å². The summed E-state index contributed by atoms with van der Waals surface area (Å²) in [5.74, 6) is -0.318. The summed E-state index contributed by atoms with van der Waals surface area (Å²) in [5.41, 5.74) is -1.17. The van der Waals surface area contributed by atoms with Gasteiger partial charge in [-0.25, -0.2) is 0 Å². The first-order valence-corrected chi connectivity index (χ1v) is 6.71. The Bertz CT molecular complexity index is 603. The number of hydrogen-bond acceptors (Lipinski definition) is 2. The Hall–Kier alpha value is -0.810. The SMILES string of the molecule is CC(C)(C)C1(C)NC(=O)c2c(Cl)cc(Br)c(=O)n21. The van der Waals surface area contributed by atoms with E-state index in [1.165, 1.54) is 10.6 Å². The van der Waals surface area contributed by atoms with Crippen LogP contribution in [0.2, 0.25) is 5.02 Å². The molecule has 2 rings (SSSR count). The molecule has 0 saturated carbocycles. The maximum atomic E-state index is 12.3. The van der Waals surface area contributed by atoms with Crippen molar-refractivity contribution < 1.29 is 4.79 Å². The monoisotopic (exact) mass is 332 g/mol. The van der Waals surface area contributed by atoms with Gasteiger partial charge in [0.1, 0.15) is 11.4 Å². The van der Waals surface area contributed by atoms with E-state index in [0.29, 0.717) is 4.47 Å². The summed E-state index contributed by atoms with van der Waals surface area (Å²) < 4.78 is 1.80. The lowest BCUT2D eigenvalue weighted by molar-refractivity contribution is 0.0719. The smallest absolute Gasteiger partial charge is 0.271 e. The molecule has 0 saturated heterocycles. The zero-order chi connectivity index (χ0) is 13.9. The van der Waals surface area contributed by atoms with Crippen LogP contribution >= 0.6 is 27.5 Å². The van der Waals surface area contributed by atoms with E-state index in [4.69, 9.17) is 11.6 Å². The minimum absolute atomic E-state index is 0.224. The molecule has 1 amide bonds. The molecule has 0 spiro atoms. The van der Waals surface area contributed by atoms with Crippen LogP contribution in [0, 0.1) is 5.41 Å². The number of fused-ring (bicyclic) bond motifs is 1. The van der Waals surface area contributed by atoms with E-state index in [9.17, 15) is 9.59 Å². The third-order valence-corrected chi connectivity index (χ3v) is 4.45. The normalized spacial score (nSPS) is 22.9. The Morgan fingerprint density at radius 2 is 1.94 bits per heavy atom. The molecule has 1 N–H and O–H groups in total. The standard InChI is InChI=1S/C12H14BrClN2O2/c1-11(2,3)12(4)15-9(17)8-7(14)5-6(13)10(18)16(8)12/h5H,1-4H3,(H,15,17). The summed E-state index contributed by atoms with van der Waals surface area (Å²) in [6, 6.07) is 1.46. The van der Waals surface area contributed by atoms with E-state index in [0.717, 1.165) is 0 Å². The molecule has 1 aliphatic rings. The van der Waals surface area contributed by atoms with Gasteiger partial charge >= 0.3 is 0 Å². The number of nitrogens with one attached hydrogen (secondary N) is 1. The summed E-state index contributed by atoms with van der Waals surface area (Å²) in [6.45, 7) is 7.71. The molecule has 0 bridgehead atoms. The van der Waals surface area contributed by atoms with Gasteiger partial charge in [-0.05, 0) is 28.9 Å². The van der Waals surface area contributed by atoms with Gasteiger partial charge in [0.25, 0.3) is 11.5 Å². The van der Waals surface area contributed by atoms with Crippen LogP contribution < -0.4 is 10.9 Å². The highest BCUT2D eigenvalue weighted by Gasteiger charge is 2.48. The van der Waals surface area contributed by atoms with E-state index >= 15 is 0 Å². The average molecular weight is 334 g/mol. The van der Waals surface area contributed by atoms with Crippen LogP contribution in [0.5, 0.6) is 0 Å². The van der Waals surface area contributed by atoms with Gasteiger partial charge in [0.2, 0.25) is 0 Å². The van der Waals surface area contributed by atoms with E-state index in [1.807, 2.05) is 27.7 Å². The van der Waals surface area contributed by atoms with Crippen molar-refractivity contribution in [3.63, 3.8) is 0 Å². The van der Waals surface area contributed by atoms with Crippen LogP contribution in [-0.2, 0) is 5.66 Å². The highest BCUT2D eigenvalue weighted by molar-refractivity contribution is 9.10. The quantitative estimate of drug-likeness (QED) is 0.793. The number of carbonyl (C=O) groups excluding carboxylic acids is 1. The predicted molar refractivity (Wildman–Crippen MR) is 74.0 cm³/mol. The van der Waals surface area contributed by atoms with Gasteiger partial charge in [0.15, 0.2) is 0 Å². The third-order valence-electron chi connectivity index (χ3n) is 3.59. The second kappa shape index (κ2) is 3.84. The van der Waals surface area contributed by atoms with Crippen LogP contribution in [0.1, 0.15) is 38.2 Å². The van der Waals surface area contributed by atoms with E-state index in [2.05, 4.69) is 21.2 Å². The molecule has 1 atom stereocenters. The van der Waals surface area contributed by atoms with Crippen LogP contribution in [0.4, 0.5) is 0 Å². The van der Waals surface area contributed by atoms with Crippen molar-refractivity contribution in [2.45, 2.75) is 33.4 Å². The largest absolute Gasteiger partial charge is 0.327 e. The molecule has 1 aliphatic heterocycles. The topological polar surface area (TPSA) is 51.1 Å². The number of aromatic nitrogens is 1. The van der Waals surface area contributed by atoms with E-state index in [-0.39, 0.29) is 27.6 Å². The van der Waals surface area contributed by atoms with Gasteiger partial charge in [-0.2, -0.15) is 0 Å². The van der Waals surface area contributed by atoms with Gasteiger partial charge in [-0.15, -0.1) is 0 Å². The first-order chi connectivity index (χ1) is 8.09. The Morgan fingerprint density at radius 1 is 1.39 bits per heavy atom. The molecule has 2 heterocycles. The minimum atomic E-state index is -0.802. The lowest BCUT2D eigenvalue weighted by Crippen LogP contribution is -2.53. The highest BCUT2D eigenvalue weighted by Crippen LogP contribution is 2.39. The third kappa shape index (κ3) is 1.64. The first kappa shape index (κ1) is 13.6. The molecule has 0 aromatic carbocycles. The molecular formula is C12H14BrClN2O2. The molecule has 1 unspecified atom stereocenters. The molecule has 0 aliphatic carbocycles. The van der Waals surface area contributed by atoms with Crippen molar-refractivity contribution >= 4 is 33.4 Å². The van der Waals surface area contributed by atoms with Crippen molar-refractivity contribution in [2.75, 3.05) is 0 Å². The molecule has 1 aromatic heterocycles. The summed E-state index contributed by atoms with van der Waals surface area (Å²) >= 11 is 9.25. The zero-order valence-corrected chi connectivity index (χ0v) is 12.9. The van der Waals surface area contributed by atoms with Gasteiger partial charge in [-0.3, -0.25) is 14.2 Å². The Balaban J connectivity index is 2.89. The van der Waals surface area contributed by atoms with Crippen LogP contribution in [0.3, 0.4) is 0 Å². The molecule has 18 heavy (non-hydrogen) atoms. The first-order valence-electron chi connectivity index (χ1n) is 5.53. The lowest BCUT2D eigenvalue weighted by atomic mass is 9.82. The van der Waals surface area contributed by atoms with Gasteiger partial charge < -0.3 is 5.32 Å². The number of hydrogen-bond donors (Lipinski definition) is 1. The number of halogens is 2. The Kier molecular flexibility index (Phi) is 2.91. The summed E-state index contributed by atoms with van der Waals surface area (Å²) in [7, 11) is 0. The van der Waals surface area contributed by atoms with E-state index in [1.54, 1.807) is 0 Å². The maximum absolute atomic E-state index is 12.3. The number of pyridine rings is 1. The number of nitrogens with zero attached hydrogens (tertiary/aromatic N) is 1. The fourth-order valence-corrected chi connectivity index (χ4v) is 2.87. The van der Waals surface area contributed by atoms with Gasteiger partial charge in [-0.1, -0.05) is 32.4 Å². The van der Waals surface area contributed by atoms with Crippen molar-refractivity contribution in [3.05, 3.63) is 31.6 Å². The second-order valence-corrected chi connectivity index (χ2v) is 6.87. The average Bonchev–Trinajstić information content (AvgIpc) is 2.48. The van der Waals surface area contributed by atoms with E-state index < -0.39 is 5.66 Å². The fraction of sp³-hybridized carbons (Fsp3) is 0.500. The molecule has 4 nitrogen and oxygen atoms in total. The van der Waals surface area contributed by atoms with Crippen LogP contribution in [0.15, 0.2) is 15.3 Å². The number of rotatable bonds is 0. The molecule has 0 fully saturated rings. The fourth-order valence-electron chi connectivity index (χ4n) is 2.05. The Morgan fingerprint density at radius 3 is 2.44 bits per heavy atom. The lowest BCUT2D eigenvalue weighted by Gasteiger charge is -2.39. The maximum Gasteiger partial charge on any atom is 0.271 e. The summed E-state index contributed by atoms with van der Waals surface area (Å²) in [5, 5.41) is 3.13. The summed E-state index contributed by atoms with van der Waals surface area (Å²) in [6.07, 6.45) is 0.